The first-order chi connectivity index (χ1) is 8.11. The molecule has 4 nitrogen and oxygen atoms in total. The van der Waals surface area contributed by atoms with E-state index in [0.717, 1.165) is 38.8 Å². The highest BCUT2D eigenvalue weighted by atomic mass is 16.2. The fourth-order valence-corrected chi connectivity index (χ4v) is 3.16. The molecule has 2 aliphatic rings. The summed E-state index contributed by atoms with van der Waals surface area (Å²) in [6.07, 6.45) is 7.02. The SMILES string of the molecule is CCCC1(N)CN(CC(=O)NC2CCCC2)C1. The standard InChI is InChI=1S/C13H25N3O/c1-2-7-13(14)9-16(10-13)8-12(17)15-11-5-3-4-6-11/h11H,2-10,14H2,1H3,(H,15,17). The predicted octanol–water partition coefficient (Wildman–Crippen LogP) is 0.858. The molecule has 1 amide bonds. The lowest BCUT2D eigenvalue weighted by Crippen LogP contribution is -2.68. The molecule has 0 bridgehead atoms. The molecule has 1 aliphatic carbocycles. The predicted molar refractivity (Wildman–Crippen MR) is 68.7 cm³/mol. The van der Waals surface area contributed by atoms with Crippen LogP contribution in [0.2, 0.25) is 0 Å². The van der Waals surface area contributed by atoms with Gasteiger partial charge in [-0.25, -0.2) is 0 Å². The zero-order chi connectivity index (χ0) is 12.3. The third-order valence-electron chi connectivity index (χ3n) is 3.91. The topological polar surface area (TPSA) is 58.4 Å². The lowest BCUT2D eigenvalue weighted by molar-refractivity contribution is -0.124. The van der Waals surface area contributed by atoms with Crippen LogP contribution in [0.5, 0.6) is 0 Å². The highest BCUT2D eigenvalue weighted by Gasteiger charge is 2.39. The molecule has 0 atom stereocenters. The van der Waals surface area contributed by atoms with Crippen LogP contribution < -0.4 is 11.1 Å². The normalized spacial score (nSPS) is 24.6. The first-order valence-electron chi connectivity index (χ1n) is 6.92. The van der Waals surface area contributed by atoms with Crippen LogP contribution in [0.15, 0.2) is 0 Å². The molecule has 0 aromatic heterocycles. The van der Waals surface area contributed by atoms with E-state index in [0.29, 0.717) is 12.6 Å². The van der Waals surface area contributed by atoms with Crippen LogP contribution in [-0.2, 0) is 4.79 Å². The maximum absolute atomic E-state index is 11.8. The van der Waals surface area contributed by atoms with Gasteiger partial charge in [-0.15, -0.1) is 0 Å². The molecule has 1 saturated carbocycles. The van der Waals surface area contributed by atoms with Crippen molar-refractivity contribution >= 4 is 5.91 Å². The van der Waals surface area contributed by atoms with Crippen molar-refractivity contribution in [2.75, 3.05) is 19.6 Å². The summed E-state index contributed by atoms with van der Waals surface area (Å²) < 4.78 is 0. The summed E-state index contributed by atoms with van der Waals surface area (Å²) in [4.78, 5) is 13.9. The summed E-state index contributed by atoms with van der Waals surface area (Å²) in [6, 6.07) is 0.432. The maximum atomic E-state index is 11.8. The number of hydrogen-bond donors (Lipinski definition) is 2. The Balaban J connectivity index is 1.64. The van der Waals surface area contributed by atoms with Crippen LogP contribution in [0.1, 0.15) is 45.4 Å². The number of nitrogens with zero attached hydrogens (tertiary/aromatic N) is 1. The average molecular weight is 239 g/mol. The van der Waals surface area contributed by atoms with Gasteiger partial charge in [0.05, 0.1) is 6.54 Å². The lowest BCUT2D eigenvalue weighted by Gasteiger charge is -2.47. The van der Waals surface area contributed by atoms with Gasteiger partial charge in [0.25, 0.3) is 0 Å². The van der Waals surface area contributed by atoms with Gasteiger partial charge >= 0.3 is 0 Å². The van der Waals surface area contributed by atoms with Crippen molar-refractivity contribution in [3.8, 4) is 0 Å². The van der Waals surface area contributed by atoms with Gasteiger partial charge in [-0.2, -0.15) is 0 Å². The van der Waals surface area contributed by atoms with E-state index in [-0.39, 0.29) is 11.4 Å². The zero-order valence-electron chi connectivity index (χ0n) is 10.9. The Labute approximate surface area is 104 Å². The molecule has 2 rings (SSSR count). The van der Waals surface area contributed by atoms with Gasteiger partial charge in [-0.3, -0.25) is 9.69 Å². The minimum absolute atomic E-state index is 0.0254. The zero-order valence-corrected chi connectivity index (χ0v) is 10.9. The summed E-state index contributed by atoms with van der Waals surface area (Å²) in [5.74, 6) is 0.176. The number of likely N-dealkylation sites (tertiary alicyclic amines) is 1. The van der Waals surface area contributed by atoms with E-state index in [1.54, 1.807) is 0 Å². The minimum atomic E-state index is -0.0254. The number of rotatable bonds is 5. The van der Waals surface area contributed by atoms with Crippen molar-refractivity contribution in [1.82, 2.24) is 10.2 Å². The van der Waals surface area contributed by atoms with E-state index < -0.39 is 0 Å². The Kier molecular flexibility index (Phi) is 4.05. The van der Waals surface area contributed by atoms with Gasteiger partial charge in [-0.1, -0.05) is 26.2 Å². The Morgan fingerprint density at radius 1 is 1.41 bits per heavy atom. The average Bonchev–Trinajstić information content (AvgIpc) is 2.68. The Bertz CT molecular complexity index is 268. The molecule has 1 aliphatic heterocycles. The van der Waals surface area contributed by atoms with Crippen molar-refractivity contribution in [2.45, 2.75) is 57.0 Å². The molecule has 1 saturated heterocycles. The molecule has 2 fully saturated rings. The van der Waals surface area contributed by atoms with Gasteiger partial charge < -0.3 is 11.1 Å². The van der Waals surface area contributed by atoms with Crippen molar-refractivity contribution in [3.63, 3.8) is 0 Å². The molecule has 17 heavy (non-hydrogen) atoms. The summed E-state index contributed by atoms with van der Waals surface area (Å²) in [5.41, 5.74) is 6.14. The molecular formula is C13H25N3O. The molecule has 0 spiro atoms. The van der Waals surface area contributed by atoms with Crippen molar-refractivity contribution in [2.24, 2.45) is 5.73 Å². The molecule has 4 heteroatoms. The fourth-order valence-electron chi connectivity index (χ4n) is 3.16. The molecule has 0 aromatic carbocycles. The smallest absolute Gasteiger partial charge is 0.234 e. The number of hydrogen-bond acceptors (Lipinski definition) is 3. The third kappa shape index (κ3) is 3.42. The van der Waals surface area contributed by atoms with Crippen LogP contribution in [0, 0.1) is 0 Å². The van der Waals surface area contributed by atoms with Gasteiger partial charge in [0.1, 0.15) is 0 Å². The second-order valence-electron chi connectivity index (χ2n) is 5.81. The van der Waals surface area contributed by atoms with E-state index >= 15 is 0 Å². The van der Waals surface area contributed by atoms with Crippen LogP contribution in [0.3, 0.4) is 0 Å². The maximum Gasteiger partial charge on any atom is 0.234 e. The Morgan fingerprint density at radius 2 is 2.06 bits per heavy atom. The summed E-state index contributed by atoms with van der Waals surface area (Å²) in [5, 5.41) is 3.12. The van der Waals surface area contributed by atoms with E-state index in [2.05, 4.69) is 17.1 Å². The van der Waals surface area contributed by atoms with Crippen molar-refractivity contribution in [1.29, 1.82) is 0 Å². The van der Waals surface area contributed by atoms with Gasteiger partial charge in [0.2, 0.25) is 5.91 Å². The Morgan fingerprint density at radius 3 is 2.65 bits per heavy atom. The molecule has 0 aromatic rings. The van der Waals surface area contributed by atoms with Crippen LogP contribution >= 0.6 is 0 Å². The van der Waals surface area contributed by atoms with Crippen LogP contribution in [0.25, 0.3) is 0 Å². The van der Waals surface area contributed by atoms with Crippen LogP contribution in [0.4, 0.5) is 0 Å². The minimum Gasteiger partial charge on any atom is -0.352 e. The number of nitrogens with two attached hydrogens (primary N) is 1. The molecule has 1 heterocycles. The quantitative estimate of drug-likeness (QED) is 0.748. The first-order valence-corrected chi connectivity index (χ1v) is 6.92. The second kappa shape index (κ2) is 5.36. The molecule has 0 unspecified atom stereocenters. The molecule has 0 radical (unpaired) electrons. The second-order valence-corrected chi connectivity index (χ2v) is 5.81. The van der Waals surface area contributed by atoms with Crippen molar-refractivity contribution < 1.29 is 4.79 Å². The van der Waals surface area contributed by atoms with Gasteiger partial charge in [0, 0.05) is 24.7 Å². The van der Waals surface area contributed by atoms with Gasteiger partial charge in [-0.05, 0) is 19.3 Å². The monoisotopic (exact) mass is 239 g/mol. The first kappa shape index (κ1) is 12.8. The summed E-state index contributed by atoms with van der Waals surface area (Å²) in [6.45, 7) is 4.43. The van der Waals surface area contributed by atoms with E-state index in [9.17, 15) is 4.79 Å². The largest absolute Gasteiger partial charge is 0.352 e. The number of amides is 1. The van der Waals surface area contributed by atoms with E-state index in [1.165, 1.54) is 12.8 Å². The molecular weight excluding hydrogens is 214 g/mol. The lowest BCUT2D eigenvalue weighted by atomic mass is 9.86. The highest BCUT2D eigenvalue weighted by molar-refractivity contribution is 5.78. The van der Waals surface area contributed by atoms with Crippen molar-refractivity contribution in [3.05, 3.63) is 0 Å². The molecule has 3 N–H and O–H groups in total. The van der Waals surface area contributed by atoms with E-state index in [1.807, 2.05) is 0 Å². The highest BCUT2D eigenvalue weighted by Crippen LogP contribution is 2.23. The fraction of sp³-hybridized carbons (Fsp3) is 0.923. The summed E-state index contributed by atoms with van der Waals surface area (Å²) in [7, 11) is 0. The van der Waals surface area contributed by atoms with Gasteiger partial charge in [0.15, 0.2) is 0 Å². The summed E-state index contributed by atoms with van der Waals surface area (Å²) >= 11 is 0. The molecule has 98 valence electrons. The van der Waals surface area contributed by atoms with E-state index in [4.69, 9.17) is 5.73 Å². The third-order valence-corrected chi connectivity index (χ3v) is 3.91. The Hall–Kier alpha value is -0.610. The number of carbonyl (C=O) groups excluding carboxylic acids is 1. The van der Waals surface area contributed by atoms with Crippen LogP contribution in [-0.4, -0.2) is 42.0 Å². The number of nitrogens with one attached hydrogen (secondary N) is 1. The number of carbonyl (C=O) groups is 1.